The molecule has 1 heterocycles. The van der Waals surface area contributed by atoms with Gasteiger partial charge in [-0.1, -0.05) is 30.3 Å². The van der Waals surface area contributed by atoms with Crippen molar-refractivity contribution in [2.45, 2.75) is 19.8 Å². The fourth-order valence-corrected chi connectivity index (χ4v) is 3.08. The Labute approximate surface area is 159 Å². The zero-order valence-electron chi connectivity index (χ0n) is 15.9. The van der Waals surface area contributed by atoms with Gasteiger partial charge in [-0.25, -0.2) is 9.59 Å². The number of hydrogen-bond acceptors (Lipinski definition) is 7. The Hall–Kier alpha value is -2.64. The van der Waals surface area contributed by atoms with Crippen molar-refractivity contribution in [3.05, 3.63) is 58.4 Å². The van der Waals surface area contributed by atoms with Crippen LogP contribution >= 0.6 is 0 Å². The predicted octanol–water partition coefficient (Wildman–Crippen LogP) is 1.61. The molecule has 146 valence electrons. The summed E-state index contributed by atoms with van der Waals surface area (Å²) >= 11 is 0. The summed E-state index contributed by atoms with van der Waals surface area (Å²) in [5.41, 5.74) is 8.15. The summed E-state index contributed by atoms with van der Waals surface area (Å²) in [6, 6.07) is 9.31. The number of methoxy groups -OCH3 is 1. The van der Waals surface area contributed by atoms with E-state index in [4.69, 9.17) is 19.9 Å². The van der Waals surface area contributed by atoms with E-state index in [1.54, 1.807) is 13.8 Å². The fourth-order valence-electron chi connectivity index (χ4n) is 3.08. The van der Waals surface area contributed by atoms with Gasteiger partial charge in [0.25, 0.3) is 0 Å². The molecule has 27 heavy (non-hydrogen) atoms. The van der Waals surface area contributed by atoms with Crippen molar-refractivity contribution >= 4 is 11.9 Å². The molecule has 0 fully saturated rings. The molecule has 0 spiro atoms. The molecule has 7 heteroatoms. The van der Waals surface area contributed by atoms with Gasteiger partial charge in [0.2, 0.25) is 0 Å². The lowest BCUT2D eigenvalue weighted by Crippen LogP contribution is -2.35. The lowest BCUT2D eigenvalue weighted by atomic mass is 9.80. The summed E-state index contributed by atoms with van der Waals surface area (Å²) in [5.74, 6) is -1.62. The molecular weight excluding hydrogens is 348 g/mol. The Kier molecular flexibility index (Phi) is 7.57. The highest BCUT2D eigenvalue weighted by Crippen LogP contribution is 2.39. The molecule has 1 atom stereocenters. The second-order valence-electron chi connectivity index (χ2n) is 5.95. The Bertz CT molecular complexity index is 740. The average Bonchev–Trinajstić information content (AvgIpc) is 2.68. The largest absolute Gasteiger partial charge is 0.466 e. The minimum atomic E-state index is -0.615. The van der Waals surface area contributed by atoms with Crippen LogP contribution in [0.15, 0.2) is 52.9 Å². The fraction of sp³-hybridized carbons (Fsp3) is 0.400. The van der Waals surface area contributed by atoms with E-state index in [9.17, 15) is 9.59 Å². The first-order valence-corrected chi connectivity index (χ1v) is 8.84. The molecule has 0 amide bonds. The molecule has 1 aromatic carbocycles. The standard InChI is InChI=1S/C20H26N2O5/c1-4-27-20(24)18-15(12-26-11-10-21)22-13(2)16(19(23)25-3)17(18)14-8-6-5-7-9-14/h5-9,17,22H,4,10-12,21H2,1-3H3/t17-/m0/s1. The first-order chi connectivity index (χ1) is 13.0. The van der Waals surface area contributed by atoms with E-state index in [1.807, 2.05) is 30.3 Å². The SMILES string of the molecule is CCOC(=O)C1=C(COCCN)NC(C)=C(C(=O)OC)[C@@H]1c1ccccc1. The molecule has 0 saturated carbocycles. The van der Waals surface area contributed by atoms with E-state index in [2.05, 4.69) is 5.32 Å². The third-order valence-electron chi connectivity index (χ3n) is 4.19. The van der Waals surface area contributed by atoms with Gasteiger partial charge < -0.3 is 25.3 Å². The molecule has 3 N–H and O–H groups in total. The average molecular weight is 374 g/mol. The van der Waals surface area contributed by atoms with Gasteiger partial charge in [0.15, 0.2) is 0 Å². The van der Waals surface area contributed by atoms with E-state index < -0.39 is 17.9 Å². The summed E-state index contributed by atoms with van der Waals surface area (Å²) < 4.78 is 15.8. The Morgan fingerprint density at radius 2 is 1.85 bits per heavy atom. The van der Waals surface area contributed by atoms with Gasteiger partial charge in [-0.3, -0.25) is 0 Å². The third-order valence-corrected chi connectivity index (χ3v) is 4.19. The number of nitrogens with two attached hydrogens (primary N) is 1. The molecule has 7 nitrogen and oxygen atoms in total. The van der Waals surface area contributed by atoms with Crippen molar-refractivity contribution in [1.82, 2.24) is 5.32 Å². The zero-order chi connectivity index (χ0) is 19.8. The summed E-state index contributed by atoms with van der Waals surface area (Å²) in [6.07, 6.45) is 0. The lowest BCUT2D eigenvalue weighted by molar-refractivity contribution is -0.139. The van der Waals surface area contributed by atoms with E-state index >= 15 is 0 Å². The van der Waals surface area contributed by atoms with Gasteiger partial charge in [0.05, 0.1) is 49.7 Å². The molecule has 2 rings (SSSR count). The Balaban J connectivity index is 2.60. The molecule has 0 aliphatic carbocycles. The molecule has 0 bridgehead atoms. The smallest absolute Gasteiger partial charge is 0.336 e. The summed E-state index contributed by atoms with van der Waals surface area (Å²) in [5, 5.41) is 3.12. The Morgan fingerprint density at radius 1 is 1.15 bits per heavy atom. The van der Waals surface area contributed by atoms with Crippen LogP contribution in [-0.2, 0) is 23.8 Å². The summed E-state index contributed by atoms with van der Waals surface area (Å²) in [7, 11) is 1.32. The highest BCUT2D eigenvalue weighted by Gasteiger charge is 2.38. The quantitative estimate of drug-likeness (QED) is 0.527. The van der Waals surface area contributed by atoms with E-state index in [-0.39, 0.29) is 13.2 Å². The number of dihydropyridines is 1. The molecule has 1 aliphatic rings. The van der Waals surface area contributed by atoms with E-state index in [0.29, 0.717) is 35.7 Å². The maximum Gasteiger partial charge on any atom is 0.336 e. The van der Waals surface area contributed by atoms with Crippen LogP contribution in [0.5, 0.6) is 0 Å². The number of carbonyl (C=O) groups excluding carboxylic acids is 2. The highest BCUT2D eigenvalue weighted by molar-refractivity contribution is 5.99. The first kappa shape index (κ1) is 20.7. The van der Waals surface area contributed by atoms with Crippen molar-refractivity contribution in [3.63, 3.8) is 0 Å². The van der Waals surface area contributed by atoms with Crippen molar-refractivity contribution in [1.29, 1.82) is 0 Å². The van der Waals surface area contributed by atoms with E-state index in [0.717, 1.165) is 5.56 Å². The second-order valence-corrected chi connectivity index (χ2v) is 5.95. The molecular formula is C20H26N2O5. The van der Waals surface area contributed by atoms with Gasteiger partial charge in [0.1, 0.15) is 0 Å². The zero-order valence-corrected chi connectivity index (χ0v) is 15.9. The molecule has 0 saturated heterocycles. The normalized spacial score (nSPS) is 16.8. The number of carbonyl (C=O) groups is 2. The number of ether oxygens (including phenoxy) is 3. The maximum atomic E-state index is 12.8. The van der Waals surface area contributed by atoms with Crippen molar-refractivity contribution in [3.8, 4) is 0 Å². The van der Waals surface area contributed by atoms with Gasteiger partial charge >= 0.3 is 11.9 Å². The number of allylic oxidation sites excluding steroid dienone is 1. The number of nitrogens with one attached hydrogen (secondary N) is 1. The summed E-state index contributed by atoms with van der Waals surface area (Å²) in [4.78, 5) is 25.3. The van der Waals surface area contributed by atoms with Crippen LogP contribution in [-0.4, -0.2) is 45.4 Å². The summed E-state index contributed by atoms with van der Waals surface area (Å²) in [6.45, 7) is 4.60. The first-order valence-electron chi connectivity index (χ1n) is 8.84. The third kappa shape index (κ3) is 4.75. The predicted molar refractivity (Wildman–Crippen MR) is 101 cm³/mol. The van der Waals surface area contributed by atoms with Gasteiger partial charge in [-0.2, -0.15) is 0 Å². The number of benzene rings is 1. The van der Waals surface area contributed by atoms with Crippen LogP contribution in [0.2, 0.25) is 0 Å². The number of hydrogen-bond donors (Lipinski definition) is 2. The van der Waals surface area contributed by atoms with Crippen LogP contribution in [0.4, 0.5) is 0 Å². The van der Waals surface area contributed by atoms with Gasteiger partial charge in [0, 0.05) is 12.2 Å². The van der Waals surface area contributed by atoms with Crippen LogP contribution in [0.1, 0.15) is 25.3 Å². The number of rotatable bonds is 8. The van der Waals surface area contributed by atoms with E-state index in [1.165, 1.54) is 7.11 Å². The topological polar surface area (TPSA) is 99.9 Å². The monoisotopic (exact) mass is 374 g/mol. The lowest BCUT2D eigenvalue weighted by Gasteiger charge is -2.31. The molecule has 0 unspecified atom stereocenters. The highest BCUT2D eigenvalue weighted by atomic mass is 16.5. The minimum absolute atomic E-state index is 0.153. The van der Waals surface area contributed by atoms with Crippen LogP contribution < -0.4 is 11.1 Å². The molecule has 1 aliphatic heterocycles. The van der Waals surface area contributed by atoms with Crippen molar-refractivity contribution in [2.75, 3.05) is 33.5 Å². The van der Waals surface area contributed by atoms with Crippen molar-refractivity contribution < 1.29 is 23.8 Å². The minimum Gasteiger partial charge on any atom is -0.466 e. The Morgan fingerprint density at radius 3 is 2.44 bits per heavy atom. The maximum absolute atomic E-state index is 12.8. The molecule has 0 radical (unpaired) electrons. The second kappa shape index (κ2) is 9.89. The molecule has 1 aromatic rings. The van der Waals surface area contributed by atoms with Crippen LogP contribution in [0.25, 0.3) is 0 Å². The van der Waals surface area contributed by atoms with Crippen LogP contribution in [0.3, 0.4) is 0 Å². The molecule has 0 aromatic heterocycles. The van der Waals surface area contributed by atoms with Crippen LogP contribution in [0, 0.1) is 0 Å². The van der Waals surface area contributed by atoms with Gasteiger partial charge in [-0.05, 0) is 19.4 Å². The van der Waals surface area contributed by atoms with Gasteiger partial charge in [-0.15, -0.1) is 0 Å². The van der Waals surface area contributed by atoms with Crippen molar-refractivity contribution in [2.24, 2.45) is 5.73 Å². The number of esters is 2.